The summed E-state index contributed by atoms with van der Waals surface area (Å²) in [5.74, 6) is -0.161. The number of carbonyl (C=O) groups excluding carboxylic acids is 1. The van der Waals surface area contributed by atoms with Crippen molar-refractivity contribution in [2.24, 2.45) is 0 Å². The van der Waals surface area contributed by atoms with Crippen molar-refractivity contribution in [3.8, 4) is 11.1 Å². The zero-order chi connectivity index (χ0) is 19.8. The first-order valence-electron chi connectivity index (χ1n) is 10.2. The van der Waals surface area contributed by atoms with Gasteiger partial charge in [0.05, 0.1) is 20.2 Å². The van der Waals surface area contributed by atoms with E-state index in [-0.39, 0.29) is 35.2 Å². The first-order valence-corrected chi connectivity index (χ1v) is 10.2. The molecule has 0 bridgehead atoms. The number of para-hydroxylation sites is 1. The summed E-state index contributed by atoms with van der Waals surface area (Å²) in [6, 6.07) is 27.2. The van der Waals surface area contributed by atoms with Gasteiger partial charge in [0.2, 0.25) is 0 Å². The van der Waals surface area contributed by atoms with Crippen molar-refractivity contribution in [2.75, 3.05) is 20.2 Å². The van der Waals surface area contributed by atoms with E-state index >= 15 is 0 Å². The maximum Gasteiger partial charge on any atom is 0.323 e. The van der Waals surface area contributed by atoms with Crippen LogP contribution in [0.2, 0.25) is 0 Å². The summed E-state index contributed by atoms with van der Waals surface area (Å²) >= 11 is 0. The van der Waals surface area contributed by atoms with Crippen LogP contribution in [-0.4, -0.2) is 37.1 Å². The topological polar surface area (TPSA) is 34.0 Å². The number of nitrogens with one attached hydrogen (secondary N) is 1. The minimum Gasteiger partial charge on any atom is -1.00 e. The molecule has 1 fully saturated rings. The van der Waals surface area contributed by atoms with Crippen LogP contribution in [0.3, 0.4) is 0 Å². The van der Waals surface area contributed by atoms with E-state index in [9.17, 15) is 4.79 Å². The van der Waals surface area contributed by atoms with E-state index in [1.807, 2.05) is 18.2 Å². The molecule has 5 heteroatoms. The molecule has 0 amide bonds. The summed E-state index contributed by atoms with van der Waals surface area (Å²) in [5.41, 5.74) is 6.34. The zero-order valence-electron chi connectivity index (χ0n) is 16.9. The van der Waals surface area contributed by atoms with Crippen LogP contribution >= 0.6 is 0 Å². The SMILES string of the molecule is COC(=O)C(Cc1ccccc1)N1CC[NH+]2c3ccccc3-c3ccccc3C12.[Br-]. The number of halogens is 1. The fourth-order valence-electron chi connectivity index (χ4n) is 4.99. The third kappa shape index (κ3) is 3.47. The van der Waals surface area contributed by atoms with Crippen molar-refractivity contribution in [3.05, 3.63) is 90.0 Å². The Morgan fingerprint density at radius 1 is 1.00 bits per heavy atom. The van der Waals surface area contributed by atoms with E-state index in [4.69, 9.17) is 4.74 Å². The fourth-order valence-corrected chi connectivity index (χ4v) is 4.99. The normalized spacial score (nSPS) is 20.3. The van der Waals surface area contributed by atoms with Crippen molar-refractivity contribution < 1.29 is 31.4 Å². The number of nitrogens with zero attached hydrogens (tertiary/aromatic N) is 1. The summed E-state index contributed by atoms with van der Waals surface area (Å²) in [6.07, 6.45) is 0.773. The highest BCUT2D eigenvalue weighted by molar-refractivity contribution is 5.79. The molecule has 154 valence electrons. The minimum atomic E-state index is -0.303. The monoisotopic (exact) mass is 464 g/mol. The second-order valence-corrected chi connectivity index (χ2v) is 7.78. The first kappa shape index (κ1) is 20.8. The van der Waals surface area contributed by atoms with E-state index in [2.05, 4.69) is 65.6 Å². The largest absolute Gasteiger partial charge is 1.00 e. The van der Waals surface area contributed by atoms with Crippen molar-refractivity contribution in [1.29, 1.82) is 0 Å². The van der Waals surface area contributed by atoms with E-state index in [0.29, 0.717) is 6.42 Å². The van der Waals surface area contributed by atoms with Gasteiger partial charge in [0.15, 0.2) is 6.17 Å². The lowest BCUT2D eigenvalue weighted by molar-refractivity contribution is -0.860. The Morgan fingerprint density at radius 3 is 2.43 bits per heavy atom. The second kappa shape index (κ2) is 8.72. The highest BCUT2D eigenvalue weighted by Crippen LogP contribution is 2.39. The average molecular weight is 465 g/mol. The highest BCUT2D eigenvalue weighted by Gasteiger charge is 2.48. The molecule has 2 aliphatic heterocycles. The van der Waals surface area contributed by atoms with Crippen LogP contribution in [0.4, 0.5) is 5.69 Å². The van der Waals surface area contributed by atoms with Gasteiger partial charge < -0.3 is 21.7 Å². The van der Waals surface area contributed by atoms with Crippen LogP contribution in [0, 0.1) is 0 Å². The van der Waals surface area contributed by atoms with Crippen LogP contribution in [0.1, 0.15) is 17.3 Å². The molecular weight excluding hydrogens is 440 g/mol. The summed E-state index contributed by atoms with van der Waals surface area (Å²) in [4.78, 5) is 16.6. The number of ether oxygens (including phenoxy) is 1. The van der Waals surface area contributed by atoms with Crippen LogP contribution in [0.25, 0.3) is 11.1 Å². The highest BCUT2D eigenvalue weighted by atomic mass is 79.9. The number of rotatable bonds is 4. The minimum absolute atomic E-state index is 0. The molecule has 3 aromatic carbocycles. The van der Waals surface area contributed by atoms with E-state index < -0.39 is 0 Å². The zero-order valence-corrected chi connectivity index (χ0v) is 18.5. The van der Waals surface area contributed by atoms with Crippen LogP contribution in [0.15, 0.2) is 78.9 Å². The molecule has 0 aliphatic carbocycles. The number of fused-ring (bicyclic) bond motifs is 6. The average Bonchev–Trinajstić information content (AvgIpc) is 3.23. The summed E-state index contributed by atoms with van der Waals surface area (Å²) in [6.45, 7) is 1.83. The molecule has 5 rings (SSSR count). The van der Waals surface area contributed by atoms with E-state index in [0.717, 1.165) is 18.7 Å². The van der Waals surface area contributed by atoms with Gasteiger partial charge in [-0.15, -0.1) is 0 Å². The van der Waals surface area contributed by atoms with Gasteiger partial charge in [-0.05, 0) is 29.7 Å². The predicted molar refractivity (Wildman–Crippen MR) is 113 cm³/mol. The van der Waals surface area contributed by atoms with Gasteiger partial charge >= 0.3 is 5.97 Å². The third-order valence-electron chi connectivity index (χ3n) is 6.27. The molecule has 3 unspecified atom stereocenters. The quantitative estimate of drug-likeness (QED) is 0.551. The van der Waals surface area contributed by atoms with Crippen LogP contribution < -0.4 is 21.9 Å². The molecule has 1 N–H and O–H groups in total. The van der Waals surface area contributed by atoms with Gasteiger partial charge in [-0.2, -0.15) is 0 Å². The van der Waals surface area contributed by atoms with Gasteiger partial charge in [0.25, 0.3) is 0 Å². The standard InChI is InChI=1S/C25H24N2O2.BrH/c1-29-25(28)23(17-18-9-3-2-4-10-18)27-16-15-26-22-14-8-7-12-20(22)19-11-5-6-13-21(19)24(26)27;/h2-14,23-24H,15-17H2,1H3;1H. The van der Waals surface area contributed by atoms with Gasteiger partial charge in [0.1, 0.15) is 11.7 Å². The molecule has 2 heterocycles. The number of esters is 1. The number of hydrogen-bond donors (Lipinski definition) is 1. The van der Waals surface area contributed by atoms with Crippen molar-refractivity contribution in [2.45, 2.75) is 18.6 Å². The molecule has 0 spiro atoms. The maximum atomic E-state index is 12.9. The molecule has 3 aromatic rings. The lowest BCUT2D eigenvalue weighted by atomic mass is 9.91. The third-order valence-corrected chi connectivity index (χ3v) is 6.27. The maximum absolute atomic E-state index is 12.9. The van der Waals surface area contributed by atoms with Crippen molar-refractivity contribution >= 4 is 11.7 Å². The van der Waals surface area contributed by atoms with Gasteiger partial charge in [-0.1, -0.05) is 66.7 Å². The number of carbonyl (C=O) groups is 1. The smallest absolute Gasteiger partial charge is 0.323 e. The molecular formula is C25H25BrN2O2. The number of hydrogen-bond acceptors (Lipinski definition) is 3. The van der Waals surface area contributed by atoms with Gasteiger partial charge in [-0.3, -0.25) is 9.69 Å². The molecule has 1 saturated heterocycles. The lowest BCUT2D eigenvalue weighted by Crippen LogP contribution is -3.07. The number of benzene rings is 3. The molecule has 3 atom stereocenters. The molecule has 0 saturated carbocycles. The Morgan fingerprint density at radius 2 is 1.67 bits per heavy atom. The summed E-state index contributed by atoms with van der Waals surface area (Å²) in [5, 5.41) is 0. The molecule has 0 radical (unpaired) electrons. The Kier molecular flexibility index (Phi) is 6.04. The van der Waals surface area contributed by atoms with Gasteiger partial charge in [0, 0.05) is 11.1 Å². The Hall–Kier alpha value is -2.47. The van der Waals surface area contributed by atoms with Crippen molar-refractivity contribution in [1.82, 2.24) is 4.90 Å². The predicted octanol–water partition coefficient (Wildman–Crippen LogP) is -0.0139. The second-order valence-electron chi connectivity index (χ2n) is 7.78. The van der Waals surface area contributed by atoms with Gasteiger partial charge in [-0.25, -0.2) is 4.90 Å². The Bertz CT molecular complexity index is 1040. The molecule has 2 aliphatic rings. The Labute approximate surface area is 187 Å². The summed E-state index contributed by atoms with van der Waals surface area (Å²) in [7, 11) is 1.49. The van der Waals surface area contributed by atoms with Crippen molar-refractivity contribution in [3.63, 3.8) is 0 Å². The first-order chi connectivity index (χ1) is 14.3. The summed E-state index contributed by atoms with van der Waals surface area (Å²) < 4.78 is 5.24. The number of quaternary nitrogens is 1. The van der Waals surface area contributed by atoms with E-state index in [1.165, 1.54) is 34.4 Å². The van der Waals surface area contributed by atoms with E-state index in [1.54, 1.807) is 0 Å². The molecule has 4 nitrogen and oxygen atoms in total. The molecule has 30 heavy (non-hydrogen) atoms. The lowest BCUT2D eigenvalue weighted by Gasteiger charge is -2.36. The fraction of sp³-hybridized carbons (Fsp3) is 0.240. The number of methoxy groups -OCH3 is 1. The molecule has 0 aromatic heterocycles. The van der Waals surface area contributed by atoms with Crippen LogP contribution in [0.5, 0.6) is 0 Å². The van der Waals surface area contributed by atoms with Crippen LogP contribution in [-0.2, 0) is 16.0 Å². The Balaban J connectivity index is 0.00000218.